The Morgan fingerprint density at radius 3 is 2.73 bits per heavy atom. The van der Waals surface area contributed by atoms with Crippen LogP contribution in [0.5, 0.6) is 0 Å². The first kappa shape index (κ1) is 14.6. The lowest BCUT2D eigenvalue weighted by atomic mass is 10.1. The minimum Gasteiger partial charge on any atom is -0.365 e. The van der Waals surface area contributed by atoms with E-state index in [0.717, 1.165) is 22.0 Å². The molecule has 0 bridgehead atoms. The molecule has 0 unspecified atom stereocenters. The van der Waals surface area contributed by atoms with Crippen LogP contribution >= 0.6 is 11.8 Å². The highest BCUT2D eigenvalue weighted by Gasteiger charge is 2.02. The van der Waals surface area contributed by atoms with Crippen molar-refractivity contribution < 1.29 is 0 Å². The van der Waals surface area contributed by atoms with E-state index in [4.69, 9.17) is 0 Å². The van der Waals surface area contributed by atoms with E-state index in [2.05, 4.69) is 44.9 Å². The Morgan fingerprint density at radius 2 is 2.05 bits per heavy atom. The molecule has 5 nitrogen and oxygen atoms in total. The lowest BCUT2D eigenvalue weighted by Gasteiger charge is -2.07. The van der Waals surface area contributed by atoms with E-state index in [1.54, 1.807) is 11.8 Å². The molecule has 0 amide bonds. The van der Waals surface area contributed by atoms with Crippen molar-refractivity contribution in [2.24, 2.45) is 7.05 Å². The van der Waals surface area contributed by atoms with Crippen molar-refractivity contribution in [3.8, 4) is 11.1 Å². The summed E-state index contributed by atoms with van der Waals surface area (Å²) in [6, 6.07) is 12.3. The van der Waals surface area contributed by atoms with Gasteiger partial charge in [0, 0.05) is 25.4 Å². The fourth-order valence-corrected chi connectivity index (χ4v) is 2.47. The van der Waals surface area contributed by atoms with Gasteiger partial charge in [-0.15, -0.1) is 22.0 Å². The minimum atomic E-state index is 0.710. The largest absolute Gasteiger partial charge is 0.365 e. The van der Waals surface area contributed by atoms with Gasteiger partial charge in [0.25, 0.3) is 0 Å². The van der Waals surface area contributed by atoms with E-state index in [9.17, 15) is 0 Å². The van der Waals surface area contributed by atoms with E-state index in [-0.39, 0.29) is 0 Å². The summed E-state index contributed by atoms with van der Waals surface area (Å²) in [7, 11) is 1.92. The van der Waals surface area contributed by atoms with E-state index in [1.807, 2.05) is 42.5 Å². The summed E-state index contributed by atoms with van der Waals surface area (Å²) in [4.78, 5) is 0. The number of benzene rings is 1. The summed E-state index contributed by atoms with van der Waals surface area (Å²) in [6.07, 6.45) is 5.87. The van der Waals surface area contributed by atoms with Crippen molar-refractivity contribution in [1.29, 1.82) is 0 Å². The standard InChI is InChI=1S/C16H17N5S/c1-21-11-14(10-18-21)13-5-3-4-12(8-13)9-17-15-6-7-16(22-2)20-19-15/h3-8,10-11H,9H2,1-2H3,(H,17,19). The summed E-state index contributed by atoms with van der Waals surface area (Å²) >= 11 is 1.58. The van der Waals surface area contributed by atoms with E-state index in [1.165, 1.54) is 5.56 Å². The molecule has 0 fully saturated rings. The first-order valence-electron chi connectivity index (χ1n) is 6.94. The van der Waals surface area contributed by atoms with Crippen LogP contribution in [-0.4, -0.2) is 26.2 Å². The molecule has 1 aromatic carbocycles. The quantitative estimate of drug-likeness (QED) is 0.733. The summed E-state index contributed by atoms with van der Waals surface area (Å²) < 4.78 is 1.81. The summed E-state index contributed by atoms with van der Waals surface area (Å²) in [5.41, 5.74) is 3.47. The molecule has 0 aliphatic rings. The van der Waals surface area contributed by atoms with Crippen LogP contribution in [0.15, 0.2) is 53.8 Å². The lowest BCUT2D eigenvalue weighted by molar-refractivity contribution is 0.768. The number of aromatic nitrogens is 4. The number of rotatable bonds is 5. The second-order valence-electron chi connectivity index (χ2n) is 4.92. The van der Waals surface area contributed by atoms with Crippen molar-refractivity contribution in [1.82, 2.24) is 20.0 Å². The third-order valence-corrected chi connectivity index (χ3v) is 3.92. The Bertz CT molecular complexity index is 751. The second-order valence-corrected chi connectivity index (χ2v) is 5.74. The van der Waals surface area contributed by atoms with Crippen LogP contribution in [-0.2, 0) is 13.6 Å². The minimum absolute atomic E-state index is 0.710. The molecule has 3 rings (SSSR count). The zero-order valence-electron chi connectivity index (χ0n) is 12.5. The van der Waals surface area contributed by atoms with Gasteiger partial charge in [-0.3, -0.25) is 4.68 Å². The molecule has 2 heterocycles. The number of nitrogens with zero attached hydrogens (tertiary/aromatic N) is 4. The summed E-state index contributed by atoms with van der Waals surface area (Å²) in [5.74, 6) is 0.782. The molecule has 0 spiro atoms. The molecular weight excluding hydrogens is 294 g/mol. The highest BCUT2D eigenvalue weighted by Crippen LogP contribution is 2.20. The Labute approximate surface area is 133 Å². The molecule has 2 aromatic heterocycles. The van der Waals surface area contributed by atoms with Gasteiger partial charge in [0.05, 0.1) is 6.20 Å². The monoisotopic (exact) mass is 311 g/mol. The normalized spacial score (nSPS) is 10.6. The van der Waals surface area contributed by atoms with Gasteiger partial charge in [0.2, 0.25) is 0 Å². The van der Waals surface area contributed by atoms with Gasteiger partial charge >= 0.3 is 0 Å². The molecule has 0 saturated heterocycles. The van der Waals surface area contributed by atoms with Gasteiger partial charge in [0.15, 0.2) is 0 Å². The van der Waals surface area contributed by atoms with Crippen LogP contribution in [0.1, 0.15) is 5.56 Å². The zero-order chi connectivity index (χ0) is 15.4. The van der Waals surface area contributed by atoms with Gasteiger partial charge in [-0.2, -0.15) is 5.10 Å². The van der Waals surface area contributed by atoms with E-state index in [0.29, 0.717) is 6.54 Å². The smallest absolute Gasteiger partial charge is 0.148 e. The molecule has 112 valence electrons. The predicted octanol–water partition coefficient (Wildman–Crippen LogP) is 3.21. The van der Waals surface area contributed by atoms with Gasteiger partial charge < -0.3 is 5.32 Å². The van der Waals surface area contributed by atoms with Gasteiger partial charge in [-0.25, -0.2) is 0 Å². The molecule has 22 heavy (non-hydrogen) atoms. The molecule has 6 heteroatoms. The van der Waals surface area contributed by atoms with Crippen molar-refractivity contribution >= 4 is 17.6 Å². The lowest BCUT2D eigenvalue weighted by Crippen LogP contribution is -2.02. The molecule has 1 N–H and O–H groups in total. The first-order valence-corrected chi connectivity index (χ1v) is 8.16. The van der Waals surface area contributed by atoms with Gasteiger partial charge in [-0.1, -0.05) is 18.2 Å². The summed E-state index contributed by atoms with van der Waals surface area (Å²) in [5, 5.41) is 16.7. The highest BCUT2D eigenvalue weighted by molar-refractivity contribution is 7.98. The number of aryl methyl sites for hydroxylation is 1. The summed E-state index contributed by atoms with van der Waals surface area (Å²) in [6.45, 7) is 0.710. The Morgan fingerprint density at radius 1 is 1.14 bits per heavy atom. The van der Waals surface area contributed by atoms with Crippen molar-refractivity contribution in [2.75, 3.05) is 11.6 Å². The third kappa shape index (κ3) is 3.46. The second kappa shape index (κ2) is 6.62. The van der Waals surface area contributed by atoms with Crippen molar-refractivity contribution in [2.45, 2.75) is 11.6 Å². The van der Waals surface area contributed by atoms with Crippen LogP contribution < -0.4 is 5.32 Å². The topological polar surface area (TPSA) is 55.6 Å². The number of thioether (sulfide) groups is 1. The number of nitrogens with one attached hydrogen (secondary N) is 1. The molecule has 0 radical (unpaired) electrons. The van der Waals surface area contributed by atoms with Gasteiger partial charge in [-0.05, 0) is 35.6 Å². The molecular formula is C16H17N5S. The van der Waals surface area contributed by atoms with Crippen LogP contribution in [0.3, 0.4) is 0 Å². The Balaban J connectivity index is 1.70. The fraction of sp³-hybridized carbons (Fsp3) is 0.188. The number of anilines is 1. The average Bonchev–Trinajstić information content (AvgIpc) is 3.00. The molecule has 0 aliphatic heterocycles. The van der Waals surface area contributed by atoms with Crippen LogP contribution in [0.2, 0.25) is 0 Å². The molecule has 0 saturated carbocycles. The molecule has 0 aliphatic carbocycles. The maximum atomic E-state index is 4.21. The SMILES string of the molecule is CSc1ccc(NCc2cccc(-c3cnn(C)c3)c2)nn1. The molecule has 3 aromatic rings. The van der Waals surface area contributed by atoms with Crippen molar-refractivity contribution in [3.05, 3.63) is 54.4 Å². The van der Waals surface area contributed by atoms with Crippen LogP contribution in [0.4, 0.5) is 5.82 Å². The number of hydrogen-bond acceptors (Lipinski definition) is 5. The molecule has 0 atom stereocenters. The zero-order valence-corrected chi connectivity index (χ0v) is 13.3. The predicted molar refractivity (Wildman–Crippen MR) is 89.8 cm³/mol. The third-order valence-electron chi connectivity index (χ3n) is 3.29. The number of hydrogen-bond donors (Lipinski definition) is 1. The first-order chi connectivity index (χ1) is 10.7. The Hall–Kier alpha value is -2.34. The average molecular weight is 311 g/mol. The Kier molecular flexibility index (Phi) is 4.39. The van der Waals surface area contributed by atoms with Gasteiger partial charge in [0.1, 0.15) is 10.8 Å². The van der Waals surface area contributed by atoms with E-state index < -0.39 is 0 Å². The maximum absolute atomic E-state index is 4.21. The van der Waals surface area contributed by atoms with Crippen LogP contribution in [0.25, 0.3) is 11.1 Å². The van der Waals surface area contributed by atoms with E-state index >= 15 is 0 Å². The van der Waals surface area contributed by atoms with Crippen LogP contribution in [0, 0.1) is 0 Å². The highest BCUT2D eigenvalue weighted by atomic mass is 32.2. The maximum Gasteiger partial charge on any atom is 0.148 e. The fourth-order valence-electron chi connectivity index (χ4n) is 2.15. The van der Waals surface area contributed by atoms with Crippen molar-refractivity contribution in [3.63, 3.8) is 0 Å².